The minimum absolute atomic E-state index is 0.361. The Morgan fingerprint density at radius 2 is 1.67 bits per heavy atom. The number of hydrogen-bond donors (Lipinski definition) is 1. The van der Waals surface area contributed by atoms with E-state index >= 15 is 0 Å². The van der Waals surface area contributed by atoms with Gasteiger partial charge in [-0.1, -0.05) is 58.0 Å². The number of H-pyrrole nitrogens is 1. The predicted molar refractivity (Wildman–Crippen MR) is 136 cm³/mol. The number of nitrogens with one attached hydrogen (secondary N) is 1. The summed E-state index contributed by atoms with van der Waals surface area (Å²) in [4.78, 5) is 17.8. The summed E-state index contributed by atoms with van der Waals surface area (Å²) in [6.07, 6.45) is 5.74. The van der Waals surface area contributed by atoms with Crippen LogP contribution in [0.4, 0.5) is 0 Å². The number of hydrogen-bond acceptors (Lipinski definition) is 3. The van der Waals surface area contributed by atoms with Crippen molar-refractivity contribution in [2.24, 2.45) is 10.9 Å². The van der Waals surface area contributed by atoms with Crippen LogP contribution < -0.4 is 0 Å². The van der Waals surface area contributed by atoms with Gasteiger partial charge in [-0.2, -0.15) is 0 Å². The van der Waals surface area contributed by atoms with E-state index in [9.17, 15) is 0 Å². The average Bonchev–Trinajstić information content (AvgIpc) is 3.52. The quantitative estimate of drug-likeness (QED) is 0.371. The lowest BCUT2D eigenvalue weighted by atomic mass is 9.92. The molecule has 3 heterocycles. The Labute approximate surface area is 194 Å². The fraction of sp³-hybridized carbons (Fsp3) is 0.276. The molecule has 0 saturated carbocycles. The van der Waals surface area contributed by atoms with Crippen molar-refractivity contribution < 1.29 is 0 Å². The summed E-state index contributed by atoms with van der Waals surface area (Å²) < 4.78 is 0. The SMILES string of the molecule is CC(C)C1=NC2=C(C1)c1ccc(-c3ccc(-c4cnc(C(C)C)[nH]4)c4ncccc34)cc1C2. The number of imidazole rings is 1. The smallest absolute Gasteiger partial charge is 0.109 e. The number of fused-ring (bicyclic) bond motifs is 3. The van der Waals surface area contributed by atoms with Crippen LogP contribution in [0.5, 0.6) is 0 Å². The van der Waals surface area contributed by atoms with Gasteiger partial charge in [0.1, 0.15) is 5.82 Å². The van der Waals surface area contributed by atoms with Crippen LogP contribution in [0.25, 0.3) is 38.9 Å². The topological polar surface area (TPSA) is 53.9 Å². The van der Waals surface area contributed by atoms with Gasteiger partial charge in [-0.25, -0.2) is 4.98 Å². The molecule has 0 bridgehead atoms. The van der Waals surface area contributed by atoms with Crippen molar-refractivity contribution in [1.29, 1.82) is 0 Å². The predicted octanol–water partition coefficient (Wildman–Crippen LogP) is 7.18. The molecule has 2 aromatic carbocycles. The van der Waals surface area contributed by atoms with Crippen LogP contribution in [-0.2, 0) is 6.42 Å². The number of aromatic nitrogens is 3. The molecule has 33 heavy (non-hydrogen) atoms. The van der Waals surface area contributed by atoms with Gasteiger partial charge in [0, 0.05) is 47.3 Å². The maximum Gasteiger partial charge on any atom is 0.109 e. The van der Waals surface area contributed by atoms with E-state index in [1.807, 2.05) is 18.5 Å². The highest BCUT2D eigenvalue weighted by atomic mass is 14.9. The third-order valence-corrected chi connectivity index (χ3v) is 6.95. The van der Waals surface area contributed by atoms with Crippen LogP contribution in [0.1, 0.15) is 57.0 Å². The van der Waals surface area contributed by atoms with Gasteiger partial charge in [-0.3, -0.25) is 9.98 Å². The van der Waals surface area contributed by atoms with Gasteiger partial charge in [0.05, 0.1) is 17.4 Å². The molecule has 6 rings (SSSR count). The number of benzene rings is 2. The molecule has 2 aliphatic rings. The lowest BCUT2D eigenvalue weighted by molar-refractivity contribution is 0.795. The molecule has 2 aromatic heterocycles. The molecule has 0 fully saturated rings. The van der Waals surface area contributed by atoms with E-state index in [0.29, 0.717) is 11.8 Å². The van der Waals surface area contributed by atoms with Gasteiger partial charge < -0.3 is 4.98 Å². The normalized spacial score (nSPS) is 15.0. The monoisotopic (exact) mass is 432 g/mol. The molecule has 4 heteroatoms. The highest BCUT2D eigenvalue weighted by Crippen LogP contribution is 2.43. The Balaban J connectivity index is 1.41. The first kappa shape index (κ1) is 20.1. The summed E-state index contributed by atoms with van der Waals surface area (Å²) in [7, 11) is 0. The van der Waals surface area contributed by atoms with Crippen LogP contribution in [-0.4, -0.2) is 20.7 Å². The molecule has 0 unspecified atom stereocenters. The fourth-order valence-electron chi connectivity index (χ4n) is 5.08. The number of allylic oxidation sites excluding steroid dienone is 2. The van der Waals surface area contributed by atoms with E-state index in [1.165, 1.54) is 39.2 Å². The second kappa shape index (κ2) is 7.51. The molecule has 4 nitrogen and oxygen atoms in total. The summed E-state index contributed by atoms with van der Waals surface area (Å²) >= 11 is 0. The maximum absolute atomic E-state index is 4.95. The van der Waals surface area contributed by atoms with Crippen molar-refractivity contribution in [3.05, 3.63) is 77.5 Å². The van der Waals surface area contributed by atoms with E-state index < -0.39 is 0 Å². The molecular weight excluding hydrogens is 404 g/mol. The zero-order valence-electron chi connectivity index (χ0n) is 19.6. The molecule has 0 spiro atoms. The molecule has 1 aliphatic heterocycles. The van der Waals surface area contributed by atoms with E-state index in [0.717, 1.165) is 40.8 Å². The lowest BCUT2D eigenvalue weighted by Gasteiger charge is -2.13. The first-order chi connectivity index (χ1) is 16.0. The second-order valence-electron chi connectivity index (χ2n) is 9.81. The third kappa shape index (κ3) is 3.24. The van der Waals surface area contributed by atoms with Crippen LogP contribution in [0.2, 0.25) is 0 Å². The molecule has 1 N–H and O–H groups in total. The Bertz CT molecular complexity index is 1470. The molecule has 1 aliphatic carbocycles. The van der Waals surface area contributed by atoms with E-state index in [2.05, 4.69) is 74.1 Å². The Morgan fingerprint density at radius 3 is 2.45 bits per heavy atom. The largest absolute Gasteiger partial charge is 0.342 e. The molecule has 4 aromatic rings. The highest BCUT2D eigenvalue weighted by molar-refractivity contribution is 6.04. The maximum atomic E-state index is 4.95. The molecular formula is C29H28N4. The van der Waals surface area contributed by atoms with Gasteiger partial charge in [-0.15, -0.1) is 0 Å². The second-order valence-corrected chi connectivity index (χ2v) is 9.81. The number of rotatable bonds is 4. The summed E-state index contributed by atoms with van der Waals surface area (Å²) in [5, 5.41) is 1.16. The van der Waals surface area contributed by atoms with Crippen molar-refractivity contribution in [1.82, 2.24) is 15.0 Å². The molecule has 0 atom stereocenters. The Kier molecular flexibility index (Phi) is 4.58. The summed E-state index contributed by atoms with van der Waals surface area (Å²) in [6, 6.07) is 15.5. The highest BCUT2D eigenvalue weighted by Gasteiger charge is 2.28. The van der Waals surface area contributed by atoms with Gasteiger partial charge in [0.2, 0.25) is 0 Å². The van der Waals surface area contributed by atoms with Crippen LogP contribution >= 0.6 is 0 Å². The number of nitrogens with zero attached hydrogens (tertiary/aromatic N) is 3. The zero-order valence-corrected chi connectivity index (χ0v) is 19.6. The Morgan fingerprint density at radius 1 is 0.848 bits per heavy atom. The van der Waals surface area contributed by atoms with E-state index in [1.54, 1.807) is 0 Å². The molecule has 0 amide bonds. The lowest BCUT2D eigenvalue weighted by Crippen LogP contribution is -2.05. The standard InChI is InChI=1S/C29H28N4/c1-16(2)25-14-24-21-8-7-18(12-19(21)13-26(24)32-25)20-9-10-23(28-22(20)6-5-11-30-28)27-15-31-29(33-27)17(3)4/h5-12,15-17H,13-14H2,1-4H3,(H,31,33). The van der Waals surface area contributed by atoms with Gasteiger partial charge in [0.25, 0.3) is 0 Å². The van der Waals surface area contributed by atoms with Crippen molar-refractivity contribution in [3.63, 3.8) is 0 Å². The van der Waals surface area contributed by atoms with Crippen LogP contribution in [0.15, 0.2) is 65.5 Å². The van der Waals surface area contributed by atoms with E-state index in [-0.39, 0.29) is 0 Å². The number of aliphatic imine (C=N–C) groups is 1. The van der Waals surface area contributed by atoms with Crippen LogP contribution in [0.3, 0.4) is 0 Å². The first-order valence-electron chi connectivity index (χ1n) is 11.9. The van der Waals surface area contributed by atoms with Gasteiger partial charge in [0.15, 0.2) is 0 Å². The number of pyridine rings is 1. The number of aromatic amines is 1. The van der Waals surface area contributed by atoms with Crippen molar-refractivity contribution in [3.8, 4) is 22.4 Å². The van der Waals surface area contributed by atoms with Gasteiger partial charge >= 0.3 is 0 Å². The zero-order chi connectivity index (χ0) is 22.7. The van der Waals surface area contributed by atoms with Crippen molar-refractivity contribution >= 4 is 22.2 Å². The summed E-state index contributed by atoms with van der Waals surface area (Å²) in [5.41, 5.74) is 12.4. The molecule has 0 saturated heterocycles. The fourth-order valence-corrected chi connectivity index (χ4v) is 5.08. The third-order valence-electron chi connectivity index (χ3n) is 6.95. The Hall–Kier alpha value is -3.53. The average molecular weight is 433 g/mol. The molecule has 164 valence electrons. The van der Waals surface area contributed by atoms with Crippen LogP contribution in [0, 0.1) is 5.92 Å². The molecule has 0 radical (unpaired) electrons. The minimum atomic E-state index is 0.361. The summed E-state index contributed by atoms with van der Waals surface area (Å²) in [5.74, 6) is 1.88. The first-order valence-corrected chi connectivity index (χ1v) is 11.9. The van der Waals surface area contributed by atoms with Gasteiger partial charge in [-0.05, 0) is 45.9 Å². The minimum Gasteiger partial charge on any atom is -0.342 e. The van der Waals surface area contributed by atoms with E-state index in [4.69, 9.17) is 9.98 Å². The summed E-state index contributed by atoms with van der Waals surface area (Å²) in [6.45, 7) is 8.77. The van der Waals surface area contributed by atoms with Crippen molar-refractivity contribution in [2.75, 3.05) is 0 Å². The van der Waals surface area contributed by atoms with Crippen molar-refractivity contribution in [2.45, 2.75) is 46.5 Å².